The van der Waals surface area contributed by atoms with Crippen molar-refractivity contribution >= 4 is 17.6 Å². The van der Waals surface area contributed by atoms with E-state index in [9.17, 15) is 9.59 Å². The quantitative estimate of drug-likeness (QED) is 0.760. The summed E-state index contributed by atoms with van der Waals surface area (Å²) in [4.78, 5) is 24.4. The molecule has 1 saturated heterocycles. The van der Waals surface area contributed by atoms with E-state index in [4.69, 9.17) is 5.73 Å². The summed E-state index contributed by atoms with van der Waals surface area (Å²) < 4.78 is 0. The van der Waals surface area contributed by atoms with Crippen molar-refractivity contribution in [1.82, 2.24) is 5.32 Å². The fourth-order valence-electron chi connectivity index (χ4n) is 2.03. The second-order valence-electron chi connectivity index (χ2n) is 4.28. The predicted molar refractivity (Wildman–Crippen MR) is 64.5 cm³/mol. The van der Waals surface area contributed by atoms with Crippen LogP contribution in [-0.2, 0) is 4.79 Å². The number of urea groups is 1. The first-order valence-corrected chi connectivity index (χ1v) is 5.45. The molecule has 0 bridgehead atoms. The van der Waals surface area contributed by atoms with Gasteiger partial charge >= 0.3 is 6.03 Å². The van der Waals surface area contributed by atoms with Crippen LogP contribution in [0, 0.1) is 13.8 Å². The minimum atomic E-state index is -0.599. The van der Waals surface area contributed by atoms with E-state index in [2.05, 4.69) is 5.32 Å². The normalized spacial score (nSPS) is 20.4. The van der Waals surface area contributed by atoms with Crippen LogP contribution in [0.1, 0.15) is 17.5 Å². The number of amides is 3. The molecule has 90 valence electrons. The summed E-state index contributed by atoms with van der Waals surface area (Å²) in [6.07, 6.45) is -0.475. The molecular formula is C12H15N3O2. The first kappa shape index (κ1) is 11.6. The second-order valence-corrected chi connectivity index (χ2v) is 4.28. The van der Waals surface area contributed by atoms with Gasteiger partial charge in [-0.15, -0.1) is 0 Å². The average molecular weight is 233 g/mol. The van der Waals surface area contributed by atoms with Crippen LogP contribution in [0.5, 0.6) is 0 Å². The molecule has 1 fully saturated rings. The average Bonchev–Trinajstić information content (AvgIpc) is 2.19. The Morgan fingerprint density at radius 3 is 2.65 bits per heavy atom. The zero-order chi connectivity index (χ0) is 12.6. The van der Waals surface area contributed by atoms with E-state index in [0.29, 0.717) is 0 Å². The number of nitrogens with two attached hydrogens (primary N) is 1. The van der Waals surface area contributed by atoms with Gasteiger partial charge < -0.3 is 5.73 Å². The molecule has 1 aromatic carbocycles. The highest BCUT2D eigenvalue weighted by Gasteiger charge is 2.31. The smallest absolute Gasteiger partial charge is 0.310 e. The molecule has 0 aromatic heterocycles. The van der Waals surface area contributed by atoms with E-state index in [1.807, 2.05) is 32.0 Å². The Hall–Kier alpha value is -1.88. The van der Waals surface area contributed by atoms with Gasteiger partial charge in [0.25, 0.3) is 0 Å². The number of rotatable bonds is 1. The molecule has 1 atom stereocenters. The van der Waals surface area contributed by atoms with Gasteiger partial charge in [0.15, 0.2) is 0 Å². The topological polar surface area (TPSA) is 75.4 Å². The maximum atomic E-state index is 11.8. The van der Waals surface area contributed by atoms with E-state index in [1.165, 1.54) is 4.90 Å². The third-order valence-corrected chi connectivity index (χ3v) is 2.80. The Bertz CT molecular complexity index is 485. The molecule has 1 heterocycles. The van der Waals surface area contributed by atoms with Crippen molar-refractivity contribution in [3.05, 3.63) is 29.3 Å². The zero-order valence-corrected chi connectivity index (χ0v) is 9.86. The lowest BCUT2D eigenvalue weighted by Gasteiger charge is -2.33. The van der Waals surface area contributed by atoms with Crippen LogP contribution >= 0.6 is 0 Å². The Morgan fingerprint density at radius 1 is 1.35 bits per heavy atom. The number of aryl methyl sites for hydroxylation is 2. The summed E-state index contributed by atoms with van der Waals surface area (Å²) >= 11 is 0. The fraction of sp³-hybridized carbons (Fsp3) is 0.333. The summed E-state index contributed by atoms with van der Waals surface area (Å²) in [6, 6.07) is 5.28. The molecule has 1 aliphatic heterocycles. The Kier molecular flexibility index (Phi) is 2.85. The van der Waals surface area contributed by atoms with Crippen molar-refractivity contribution in [3.8, 4) is 0 Å². The number of imide groups is 1. The molecule has 5 nitrogen and oxygen atoms in total. The van der Waals surface area contributed by atoms with E-state index < -0.39 is 12.2 Å². The highest BCUT2D eigenvalue weighted by molar-refractivity contribution is 6.06. The SMILES string of the molecule is Cc1ccc(N2C(=O)NC(=O)CC2N)c(C)c1. The molecule has 3 amide bonds. The van der Waals surface area contributed by atoms with Gasteiger partial charge in [0.05, 0.1) is 18.3 Å². The Morgan fingerprint density at radius 2 is 2.06 bits per heavy atom. The second kappa shape index (κ2) is 4.18. The molecule has 1 aliphatic rings. The summed E-state index contributed by atoms with van der Waals surface area (Å²) in [6.45, 7) is 3.90. The highest BCUT2D eigenvalue weighted by atomic mass is 16.2. The van der Waals surface area contributed by atoms with Crippen LogP contribution in [-0.4, -0.2) is 18.1 Å². The lowest BCUT2D eigenvalue weighted by Crippen LogP contribution is -2.58. The number of hydrogen-bond acceptors (Lipinski definition) is 3. The number of benzene rings is 1. The summed E-state index contributed by atoms with van der Waals surface area (Å²) in [5, 5.41) is 2.27. The number of anilines is 1. The number of hydrogen-bond donors (Lipinski definition) is 2. The third-order valence-electron chi connectivity index (χ3n) is 2.80. The summed E-state index contributed by atoms with van der Waals surface area (Å²) in [5.74, 6) is -0.330. The van der Waals surface area contributed by atoms with Gasteiger partial charge in [0.1, 0.15) is 0 Å². The Balaban J connectivity index is 2.38. The standard InChI is InChI=1S/C12H15N3O2/c1-7-3-4-9(8(2)5-7)15-10(13)6-11(16)14-12(15)17/h3-5,10H,6,13H2,1-2H3,(H,14,16,17). The highest BCUT2D eigenvalue weighted by Crippen LogP contribution is 2.24. The maximum Gasteiger partial charge on any atom is 0.329 e. The van der Waals surface area contributed by atoms with Crippen molar-refractivity contribution in [2.75, 3.05) is 4.90 Å². The van der Waals surface area contributed by atoms with Crippen molar-refractivity contribution in [2.24, 2.45) is 5.73 Å². The molecule has 0 spiro atoms. The van der Waals surface area contributed by atoms with E-state index >= 15 is 0 Å². The number of nitrogens with zero attached hydrogens (tertiary/aromatic N) is 1. The van der Waals surface area contributed by atoms with Crippen LogP contribution in [0.4, 0.5) is 10.5 Å². The van der Waals surface area contributed by atoms with Gasteiger partial charge in [-0.1, -0.05) is 17.7 Å². The molecular weight excluding hydrogens is 218 g/mol. The van der Waals surface area contributed by atoms with Gasteiger partial charge in [0, 0.05) is 0 Å². The predicted octanol–water partition coefficient (Wildman–Crippen LogP) is 1.03. The number of carbonyl (C=O) groups excluding carboxylic acids is 2. The summed E-state index contributed by atoms with van der Waals surface area (Å²) in [7, 11) is 0. The maximum absolute atomic E-state index is 11.8. The van der Waals surface area contributed by atoms with E-state index in [-0.39, 0.29) is 12.3 Å². The molecule has 0 saturated carbocycles. The first-order valence-electron chi connectivity index (χ1n) is 5.45. The van der Waals surface area contributed by atoms with Crippen LogP contribution in [0.15, 0.2) is 18.2 Å². The summed E-state index contributed by atoms with van der Waals surface area (Å²) in [5.41, 5.74) is 8.67. The van der Waals surface area contributed by atoms with Crippen molar-refractivity contribution in [3.63, 3.8) is 0 Å². The zero-order valence-electron chi connectivity index (χ0n) is 9.86. The fourth-order valence-corrected chi connectivity index (χ4v) is 2.03. The van der Waals surface area contributed by atoms with E-state index in [0.717, 1.165) is 16.8 Å². The molecule has 17 heavy (non-hydrogen) atoms. The lowest BCUT2D eigenvalue weighted by atomic mass is 10.1. The van der Waals surface area contributed by atoms with E-state index in [1.54, 1.807) is 0 Å². The Labute approximate surface area is 99.6 Å². The lowest BCUT2D eigenvalue weighted by molar-refractivity contribution is -0.120. The van der Waals surface area contributed by atoms with Crippen LogP contribution in [0.2, 0.25) is 0 Å². The monoisotopic (exact) mass is 233 g/mol. The van der Waals surface area contributed by atoms with Gasteiger partial charge in [-0.05, 0) is 25.5 Å². The molecule has 0 aliphatic carbocycles. The van der Waals surface area contributed by atoms with Gasteiger partial charge in [-0.2, -0.15) is 0 Å². The molecule has 5 heteroatoms. The molecule has 3 N–H and O–H groups in total. The van der Waals surface area contributed by atoms with Gasteiger partial charge in [0.2, 0.25) is 5.91 Å². The van der Waals surface area contributed by atoms with Crippen molar-refractivity contribution in [2.45, 2.75) is 26.4 Å². The van der Waals surface area contributed by atoms with Crippen LogP contribution in [0.3, 0.4) is 0 Å². The molecule has 1 unspecified atom stereocenters. The third kappa shape index (κ3) is 2.14. The van der Waals surface area contributed by atoms with Gasteiger partial charge in [-0.25, -0.2) is 4.79 Å². The molecule has 0 radical (unpaired) electrons. The largest absolute Gasteiger partial charge is 0.329 e. The number of carbonyl (C=O) groups is 2. The minimum Gasteiger partial charge on any atom is -0.310 e. The van der Waals surface area contributed by atoms with Gasteiger partial charge in [-0.3, -0.25) is 15.0 Å². The van der Waals surface area contributed by atoms with Crippen LogP contribution in [0.25, 0.3) is 0 Å². The van der Waals surface area contributed by atoms with Crippen LogP contribution < -0.4 is 16.0 Å². The van der Waals surface area contributed by atoms with Crippen molar-refractivity contribution < 1.29 is 9.59 Å². The number of nitrogens with one attached hydrogen (secondary N) is 1. The minimum absolute atomic E-state index is 0.124. The van der Waals surface area contributed by atoms with Crippen molar-refractivity contribution in [1.29, 1.82) is 0 Å². The molecule has 2 rings (SSSR count). The molecule has 1 aromatic rings. The first-order chi connectivity index (χ1) is 7.99.